The fourth-order valence-corrected chi connectivity index (χ4v) is 1.40. The Morgan fingerprint density at radius 2 is 2.17 bits per heavy atom. The maximum Gasteiger partial charge on any atom is 0.341 e. The molecule has 0 radical (unpaired) electrons. The van der Waals surface area contributed by atoms with Crippen LogP contribution in [-0.2, 0) is 0 Å². The second-order valence-electron chi connectivity index (χ2n) is 4.81. The zero-order chi connectivity index (χ0) is 13.9. The maximum absolute atomic E-state index is 11.1. The number of hydrogen-bond donors (Lipinski definition) is 1. The molecule has 0 bridgehead atoms. The van der Waals surface area contributed by atoms with E-state index in [1.165, 1.54) is 12.3 Å². The molecule has 0 aromatic carbocycles. The second-order valence-corrected chi connectivity index (χ2v) is 5.72. The van der Waals surface area contributed by atoms with Crippen LogP contribution in [0.15, 0.2) is 16.7 Å². The Balaban J connectivity index is 2.89. The van der Waals surface area contributed by atoms with Gasteiger partial charge in [0.1, 0.15) is 12.2 Å². The van der Waals surface area contributed by atoms with Crippen LogP contribution in [0.25, 0.3) is 0 Å². The summed E-state index contributed by atoms with van der Waals surface area (Å²) in [6.45, 7) is 4.37. The molecule has 1 rings (SSSR count). The van der Waals surface area contributed by atoms with Gasteiger partial charge in [0.2, 0.25) is 5.88 Å². The van der Waals surface area contributed by atoms with Gasteiger partial charge in [0.05, 0.1) is 0 Å². The van der Waals surface area contributed by atoms with Crippen LogP contribution in [-0.4, -0.2) is 47.2 Å². The number of carboxylic acids is 1. The summed E-state index contributed by atoms with van der Waals surface area (Å²) in [6, 6.07) is 1.48. The zero-order valence-corrected chi connectivity index (χ0v) is 12.5. The van der Waals surface area contributed by atoms with Crippen molar-refractivity contribution in [2.24, 2.45) is 0 Å². The minimum absolute atomic E-state index is 0.0546. The first-order valence-electron chi connectivity index (χ1n) is 5.43. The van der Waals surface area contributed by atoms with Crippen molar-refractivity contribution in [1.29, 1.82) is 0 Å². The fraction of sp³-hybridized carbons (Fsp3) is 0.500. The van der Waals surface area contributed by atoms with Crippen LogP contribution in [0.5, 0.6) is 5.88 Å². The van der Waals surface area contributed by atoms with Crippen LogP contribution in [0, 0.1) is 0 Å². The van der Waals surface area contributed by atoms with E-state index in [1.54, 1.807) is 0 Å². The predicted molar refractivity (Wildman–Crippen MR) is 72.2 cm³/mol. The monoisotopic (exact) mass is 316 g/mol. The lowest BCUT2D eigenvalue weighted by Crippen LogP contribution is -2.43. The molecule has 0 aliphatic heterocycles. The molecule has 1 heterocycles. The summed E-state index contributed by atoms with van der Waals surface area (Å²) >= 11 is 3.19. The highest BCUT2D eigenvalue weighted by Crippen LogP contribution is 2.21. The van der Waals surface area contributed by atoms with E-state index in [-0.39, 0.29) is 17.0 Å². The van der Waals surface area contributed by atoms with Crippen molar-refractivity contribution in [2.45, 2.75) is 19.4 Å². The van der Waals surface area contributed by atoms with Crippen LogP contribution >= 0.6 is 15.9 Å². The van der Waals surface area contributed by atoms with Gasteiger partial charge in [-0.3, -0.25) is 0 Å². The number of carbonyl (C=O) groups is 1. The molecule has 0 aliphatic carbocycles. The third-order valence-electron chi connectivity index (χ3n) is 2.82. The number of halogens is 1. The molecule has 1 N–H and O–H groups in total. The molecule has 5 nitrogen and oxygen atoms in total. The van der Waals surface area contributed by atoms with Gasteiger partial charge in [0.15, 0.2) is 0 Å². The van der Waals surface area contributed by atoms with Gasteiger partial charge in [-0.05, 0) is 49.9 Å². The zero-order valence-electron chi connectivity index (χ0n) is 10.9. The average molecular weight is 317 g/mol. The van der Waals surface area contributed by atoms with E-state index in [0.717, 1.165) is 0 Å². The summed E-state index contributed by atoms with van der Waals surface area (Å²) < 4.78 is 6.14. The lowest BCUT2D eigenvalue weighted by molar-refractivity contribution is 0.0681. The number of ether oxygens (including phenoxy) is 1. The number of hydrogen-bond acceptors (Lipinski definition) is 4. The van der Waals surface area contributed by atoms with Crippen molar-refractivity contribution >= 4 is 21.9 Å². The summed E-state index contributed by atoms with van der Waals surface area (Å²) in [5.41, 5.74) is -0.149. The van der Waals surface area contributed by atoms with Crippen molar-refractivity contribution in [2.75, 3.05) is 20.7 Å². The number of aromatic carboxylic acids is 1. The van der Waals surface area contributed by atoms with E-state index in [4.69, 9.17) is 9.84 Å². The highest BCUT2D eigenvalue weighted by Gasteiger charge is 2.23. The summed E-state index contributed by atoms with van der Waals surface area (Å²) in [5, 5.41) is 9.08. The quantitative estimate of drug-likeness (QED) is 0.902. The number of likely N-dealkylation sites (N-methyl/N-ethyl adjacent to an activating group) is 1. The van der Waals surface area contributed by atoms with Crippen LogP contribution < -0.4 is 4.74 Å². The van der Waals surface area contributed by atoms with Crippen LogP contribution in [0.3, 0.4) is 0 Å². The maximum atomic E-state index is 11.1. The van der Waals surface area contributed by atoms with Gasteiger partial charge in [-0.2, -0.15) is 0 Å². The molecule has 0 fully saturated rings. The topological polar surface area (TPSA) is 62.7 Å². The van der Waals surface area contributed by atoms with Crippen molar-refractivity contribution < 1.29 is 14.6 Å². The van der Waals surface area contributed by atoms with Crippen LogP contribution in [0.4, 0.5) is 0 Å². The van der Waals surface area contributed by atoms with Gasteiger partial charge in [-0.1, -0.05) is 0 Å². The molecule has 0 saturated heterocycles. The van der Waals surface area contributed by atoms with Gasteiger partial charge in [-0.15, -0.1) is 0 Å². The Hall–Kier alpha value is -1.14. The Morgan fingerprint density at radius 1 is 1.56 bits per heavy atom. The summed E-state index contributed by atoms with van der Waals surface area (Å²) in [5.74, 6) is -0.915. The number of pyridine rings is 1. The lowest BCUT2D eigenvalue weighted by Gasteiger charge is -2.32. The third-order valence-corrected chi connectivity index (χ3v) is 3.25. The highest BCUT2D eigenvalue weighted by molar-refractivity contribution is 9.10. The van der Waals surface area contributed by atoms with Gasteiger partial charge in [0, 0.05) is 16.2 Å². The number of rotatable bonds is 5. The third kappa shape index (κ3) is 3.68. The van der Waals surface area contributed by atoms with E-state index >= 15 is 0 Å². The van der Waals surface area contributed by atoms with E-state index in [9.17, 15) is 4.79 Å². The standard InChI is InChI=1S/C12H17BrN2O3/c1-12(2,15(3)4)7-18-10-9(11(16)17)5-8(13)6-14-10/h5-6H,7H2,1-4H3,(H,16,17). The lowest BCUT2D eigenvalue weighted by atomic mass is 10.1. The molecule has 0 spiro atoms. The minimum Gasteiger partial charge on any atom is -0.477 e. The van der Waals surface area contributed by atoms with E-state index < -0.39 is 5.97 Å². The Labute approximate surface area is 115 Å². The number of carboxylic acid groups (broad SMARTS) is 1. The van der Waals surface area contributed by atoms with Crippen molar-refractivity contribution in [3.8, 4) is 5.88 Å². The summed E-state index contributed by atoms with van der Waals surface area (Å²) in [6.07, 6.45) is 1.52. The van der Waals surface area contributed by atoms with Gasteiger partial charge < -0.3 is 14.7 Å². The highest BCUT2D eigenvalue weighted by atomic mass is 79.9. The first kappa shape index (κ1) is 14.9. The summed E-state index contributed by atoms with van der Waals surface area (Å²) in [7, 11) is 3.88. The van der Waals surface area contributed by atoms with Crippen molar-refractivity contribution in [3.63, 3.8) is 0 Å². The molecule has 18 heavy (non-hydrogen) atoms. The Kier molecular flexibility index (Phi) is 4.70. The first-order valence-corrected chi connectivity index (χ1v) is 6.22. The molecule has 1 aromatic rings. The molecule has 100 valence electrons. The normalized spacial score (nSPS) is 11.7. The van der Waals surface area contributed by atoms with Gasteiger partial charge in [0.25, 0.3) is 0 Å². The fourth-order valence-electron chi connectivity index (χ4n) is 1.07. The predicted octanol–water partition coefficient (Wildman–Crippen LogP) is 2.26. The summed E-state index contributed by atoms with van der Waals surface area (Å²) in [4.78, 5) is 17.1. The second kappa shape index (κ2) is 5.67. The Morgan fingerprint density at radius 3 is 2.67 bits per heavy atom. The minimum atomic E-state index is -1.05. The molecule has 0 aliphatic rings. The van der Waals surface area contributed by atoms with Gasteiger partial charge in [-0.25, -0.2) is 9.78 Å². The van der Waals surface area contributed by atoms with Crippen LogP contribution in [0.1, 0.15) is 24.2 Å². The van der Waals surface area contributed by atoms with E-state index in [1.807, 2.05) is 32.8 Å². The molecule has 0 saturated carbocycles. The molecular weight excluding hydrogens is 300 g/mol. The molecule has 0 amide bonds. The molecule has 6 heteroatoms. The smallest absolute Gasteiger partial charge is 0.341 e. The van der Waals surface area contributed by atoms with E-state index in [0.29, 0.717) is 11.1 Å². The Bertz CT molecular complexity index is 447. The van der Waals surface area contributed by atoms with Gasteiger partial charge >= 0.3 is 5.97 Å². The van der Waals surface area contributed by atoms with Crippen LogP contribution in [0.2, 0.25) is 0 Å². The van der Waals surface area contributed by atoms with Crippen molar-refractivity contribution in [3.05, 3.63) is 22.3 Å². The first-order chi connectivity index (χ1) is 8.24. The van der Waals surface area contributed by atoms with Crippen molar-refractivity contribution in [1.82, 2.24) is 9.88 Å². The SMILES string of the molecule is CN(C)C(C)(C)COc1ncc(Br)cc1C(=O)O. The molecular formula is C12H17BrN2O3. The number of aromatic nitrogens is 1. The molecule has 0 atom stereocenters. The molecule has 1 aromatic heterocycles. The largest absolute Gasteiger partial charge is 0.477 e. The average Bonchev–Trinajstić information content (AvgIpc) is 2.27. The van der Waals surface area contributed by atoms with E-state index in [2.05, 4.69) is 20.9 Å². The molecule has 0 unspecified atom stereocenters. The number of nitrogens with zero attached hydrogens (tertiary/aromatic N) is 2.